The van der Waals surface area contributed by atoms with E-state index >= 15 is 0 Å². The molecule has 0 N–H and O–H groups in total. The summed E-state index contributed by atoms with van der Waals surface area (Å²) in [4.78, 5) is 7.49. The molecule has 0 aliphatic carbocycles. The quantitative estimate of drug-likeness (QED) is 0.562. The van der Waals surface area contributed by atoms with Crippen LogP contribution in [-0.2, 0) is 7.05 Å². The van der Waals surface area contributed by atoms with E-state index in [1.165, 1.54) is 0 Å². The molecule has 2 aromatic rings. The number of aryl methyl sites for hydroxylation is 2. The summed E-state index contributed by atoms with van der Waals surface area (Å²) in [5.74, 6) is 0.272. The molecule has 4 nitrogen and oxygen atoms in total. The molecule has 0 fully saturated rings. The second-order valence-corrected chi connectivity index (χ2v) is 3.94. The molecular formula is C14H11N4+. The van der Waals surface area contributed by atoms with Crippen LogP contribution in [-0.4, -0.2) is 4.98 Å². The minimum atomic E-state index is 0.272. The van der Waals surface area contributed by atoms with E-state index in [9.17, 15) is 0 Å². The molecule has 0 aliphatic rings. The number of pyridine rings is 2. The SMILES string of the molecule is [C-]#[N+]c1nc(C#N)cc(C)c1-c1cccc[n+]1C. The van der Waals surface area contributed by atoms with E-state index in [0.29, 0.717) is 0 Å². The van der Waals surface area contributed by atoms with Crippen LogP contribution in [0.2, 0.25) is 0 Å². The van der Waals surface area contributed by atoms with Crippen LogP contribution in [0.15, 0.2) is 30.5 Å². The summed E-state index contributed by atoms with van der Waals surface area (Å²) in [6.07, 6.45) is 1.92. The first-order valence-corrected chi connectivity index (χ1v) is 5.41. The second kappa shape index (κ2) is 4.65. The Balaban J connectivity index is 2.78. The van der Waals surface area contributed by atoms with Gasteiger partial charge in [0, 0.05) is 18.2 Å². The standard InChI is InChI=1S/C14H11N4/c1-10-8-11(9-15)17-14(16-2)13(10)12-6-4-5-7-18(12)3/h4-8H,1,3H3/q+1. The molecule has 2 heterocycles. The molecule has 0 amide bonds. The fraction of sp³-hybridized carbons (Fsp3) is 0.143. The Labute approximate surface area is 106 Å². The summed E-state index contributed by atoms with van der Waals surface area (Å²) in [5.41, 5.74) is 2.86. The van der Waals surface area contributed by atoms with Gasteiger partial charge in [-0.3, -0.25) is 0 Å². The van der Waals surface area contributed by atoms with Crippen molar-refractivity contribution >= 4 is 5.82 Å². The largest absolute Gasteiger partial charge is 0.360 e. The molecule has 0 bridgehead atoms. The first kappa shape index (κ1) is 11.8. The highest BCUT2D eigenvalue weighted by molar-refractivity contribution is 5.75. The monoisotopic (exact) mass is 235 g/mol. The molecule has 0 atom stereocenters. The third kappa shape index (κ3) is 1.92. The number of aromatic nitrogens is 2. The molecule has 86 valence electrons. The number of nitrogens with zero attached hydrogens (tertiary/aromatic N) is 4. The average Bonchev–Trinajstić information content (AvgIpc) is 2.39. The predicted octanol–water partition coefficient (Wildman–Crippen LogP) is 2.30. The highest BCUT2D eigenvalue weighted by Crippen LogP contribution is 2.30. The van der Waals surface area contributed by atoms with Crippen LogP contribution in [0.1, 0.15) is 11.3 Å². The van der Waals surface area contributed by atoms with Gasteiger partial charge < -0.3 is 4.85 Å². The van der Waals surface area contributed by atoms with Gasteiger partial charge in [0.2, 0.25) is 11.4 Å². The number of hydrogen-bond donors (Lipinski definition) is 0. The predicted molar refractivity (Wildman–Crippen MR) is 66.6 cm³/mol. The summed E-state index contributed by atoms with van der Waals surface area (Å²) in [6.45, 7) is 9.11. The molecule has 0 unspecified atom stereocenters. The summed E-state index contributed by atoms with van der Waals surface area (Å²) in [7, 11) is 1.92. The van der Waals surface area contributed by atoms with Crippen molar-refractivity contribution < 1.29 is 4.57 Å². The van der Waals surface area contributed by atoms with Crippen LogP contribution < -0.4 is 4.57 Å². The van der Waals surface area contributed by atoms with Crippen molar-refractivity contribution in [2.45, 2.75) is 6.92 Å². The maximum absolute atomic E-state index is 8.88. The Hall–Kier alpha value is -2.72. The molecule has 2 rings (SSSR count). The van der Waals surface area contributed by atoms with Gasteiger partial charge in [0.1, 0.15) is 13.1 Å². The Bertz CT molecular complexity index is 690. The Morgan fingerprint density at radius 1 is 1.44 bits per heavy atom. The lowest BCUT2D eigenvalue weighted by Crippen LogP contribution is -2.30. The molecule has 4 heteroatoms. The van der Waals surface area contributed by atoms with Crippen molar-refractivity contribution in [3.8, 4) is 17.3 Å². The van der Waals surface area contributed by atoms with Crippen molar-refractivity contribution in [1.82, 2.24) is 4.98 Å². The third-order valence-corrected chi connectivity index (χ3v) is 2.73. The van der Waals surface area contributed by atoms with Gasteiger partial charge in [-0.2, -0.15) is 5.26 Å². The van der Waals surface area contributed by atoms with Gasteiger partial charge in [-0.05, 0) is 18.6 Å². The van der Waals surface area contributed by atoms with Gasteiger partial charge in [0.05, 0.1) is 5.56 Å². The zero-order valence-electron chi connectivity index (χ0n) is 10.2. The van der Waals surface area contributed by atoms with Gasteiger partial charge in [-0.15, -0.1) is 4.98 Å². The third-order valence-electron chi connectivity index (χ3n) is 2.73. The molecule has 0 spiro atoms. The molecule has 0 saturated heterocycles. The maximum Gasteiger partial charge on any atom is 0.285 e. The molecule has 18 heavy (non-hydrogen) atoms. The van der Waals surface area contributed by atoms with E-state index in [0.717, 1.165) is 16.8 Å². The summed E-state index contributed by atoms with van der Waals surface area (Å²) < 4.78 is 1.94. The summed E-state index contributed by atoms with van der Waals surface area (Å²) >= 11 is 0. The number of rotatable bonds is 1. The highest BCUT2D eigenvalue weighted by atomic mass is 14.9. The molecule has 0 saturated carbocycles. The highest BCUT2D eigenvalue weighted by Gasteiger charge is 2.19. The van der Waals surface area contributed by atoms with Crippen molar-refractivity contribution in [2.75, 3.05) is 0 Å². The van der Waals surface area contributed by atoms with Crippen LogP contribution in [0.25, 0.3) is 16.1 Å². The van der Waals surface area contributed by atoms with E-state index < -0.39 is 0 Å². The van der Waals surface area contributed by atoms with Gasteiger partial charge in [0.15, 0.2) is 6.20 Å². The topological polar surface area (TPSA) is 44.9 Å². The van der Waals surface area contributed by atoms with Crippen molar-refractivity contribution in [3.05, 3.63) is 53.1 Å². The van der Waals surface area contributed by atoms with Crippen molar-refractivity contribution in [2.24, 2.45) is 7.05 Å². The first-order valence-electron chi connectivity index (χ1n) is 5.41. The van der Waals surface area contributed by atoms with E-state index in [2.05, 4.69) is 9.83 Å². The molecule has 0 aromatic carbocycles. The fourth-order valence-electron chi connectivity index (χ4n) is 1.89. The summed E-state index contributed by atoms with van der Waals surface area (Å²) in [5, 5.41) is 8.88. The van der Waals surface area contributed by atoms with Gasteiger partial charge >= 0.3 is 0 Å². The minimum Gasteiger partial charge on any atom is -0.360 e. The Kier molecular flexibility index (Phi) is 3.03. The van der Waals surface area contributed by atoms with Gasteiger partial charge in [-0.25, -0.2) is 4.57 Å². The lowest BCUT2D eigenvalue weighted by Gasteiger charge is -2.05. The smallest absolute Gasteiger partial charge is 0.285 e. The molecule has 0 radical (unpaired) electrons. The van der Waals surface area contributed by atoms with Gasteiger partial charge in [0.25, 0.3) is 5.82 Å². The van der Waals surface area contributed by atoms with Gasteiger partial charge in [-0.1, -0.05) is 6.57 Å². The molecule has 0 aliphatic heterocycles. The van der Waals surface area contributed by atoms with E-state index in [1.807, 2.05) is 49.0 Å². The van der Waals surface area contributed by atoms with E-state index in [-0.39, 0.29) is 11.5 Å². The first-order chi connectivity index (χ1) is 8.67. The molecule has 2 aromatic heterocycles. The Morgan fingerprint density at radius 2 is 2.22 bits per heavy atom. The fourth-order valence-corrected chi connectivity index (χ4v) is 1.89. The zero-order chi connectivity index (χ0) is 13.1. The number of hydrogen-bond acceptors (Lipinski definition) is 2. The minimum absolute atomic E-state index is 0.272. The zero-order valence-corrected chi connectivity index (χ0v) is 10.2. The lowest BCUT2D eigenvalue weighted by molar-refractivity contribution is -0.660. The van der Waals surface area contributed by atoms with E-state index in [4.69, 9.17) is 11.8 Å². The average molecular weight is 235 g/mol. The van der Waals surface area contributed by atoms with Crippen LogP contribution in [0.4, 0.5) is 5.82 Å². The molecular weight excluding hydrogens is 224 g/mol. The maximum atomic E-state index is 8.88. The van der Waals surface area contributed by atoms with Crippen LogP contribution >= 0.6 is 0 Å². The van der Waals surface area contributed by atoms with E-state index in [1.54, 1.807) is 6.07 Å². The normalized spacial score (nSPS) is 9.56. The second-order valence-electron chi connectivity index (χ2n) is 3.94. The number of nitriles is 1. The lowest BCUT2D eigenvalue weighted by atomic mass is 10.1. The van der Waals surface area contributed by atoms with Crippen LogP contribution in [0.5, 0.6) is 0 Å². The Morgan fingerprint density at radius 3 is 2.83 bits per heavy atom. The van der Waals surface area contributed by atoms with Crippen molar-refractivity contribution in [1.29, 1.82) is 5.26 Å². The summed E-state index contributed by atoms with van der Waals surface area (Å²) in [6, 6.07) is 9.46. The van der Waals surface area contributed by atoms with Crippen LogP contribution in [0.3, 0.4) is 0 Å². The van der Waals surface area contributed by atoms with Crippen molar-refractivity contribution in [3.63, 3.8) is 0 Å². The van der Waals surface area contributed by atoms with Crippen LogP contribution in [0, 0.1) is 24.8 Å².